The van der Waals surface area contributed by atoms with Crippen molar-refractivity contribution in [3.8, 4) is 0 Å². The molecule has 0 heterocycles. The first-order valence-electron chi connectivity index (χ1n) is 2.74. The maximum absolute atomic E-state index is 5.52. The van der Waals surface area contributed by atoms with Gasteiger partial charge in [-0.2, -0.15) is 5.56 Å². The molecule has 1 nitrogen and oxygen atoms in total. The van der Waals surface area contributed by atoms with Gasteiger partial charge >= 0.3 is 0 Å². The van der Waals surface area contributed by atoms with E-state index in [0.717, 1.165) is 11.3 Å². The molecule has 0 amide bonds. The first-order chi connectivity index (χ1) is 4.34. The Morgan fingerprint density at radius 1 is 1.30 bits per heavy atom. The van der Waals surface area contributed by atoms with Gasteiger partial charge in [0.25, 0.3) is 0 Å². The number of nitrogens with two attached hydrogens (primary N) is 1. The number of nitrogen functional groups attached to an aromatic ring is 1. The number of rotatable bonds is 1. The molecule has 10 heavy (non-hydrogen) atoms. The quantitative estimate of drug-likeness (QED) is 0.550. The van der Waals surface area contributed by atoms with Gasteiger partial charge in [-0.05, 0) is 5.69 Å². The molecule has 1 aromatic rings. The molecule has 49 valence electrons. The molecule has 0 aliphatic carbocycles. The van der Waals surface area contributed by atoms with E-state index in [1.807, 2.05) is 24.3 Å². The molecule has 1 radical (unpaired) electrons. The average Bonchev–Trinajstić information content (AvgIpc) is 1.89. The van der Waals surface area contributed by atoms with E-state index in [0.29, 0.717) is 0 Å². The van der Waals surface area contributed by atoms with Crippen molar-refractivity contribution in [3.63, 3.8) is 0 Å². The van der Waals surface area contributed by atoms with Crippen LogP contribution in [0.1, 0.15) is 5.56 Å². The van der Waals surface area contributed by atoms with E-state index in [4.69, 9.17) is 12.3 Å². The van der Waals surface area contributed by atoms with E-state index in [-0.39, 0.29) is 32.7 Å². The Morgan fingerprint density at radius 3 is 2.30 bits per heavy atom. The molecule has 2 N–H and O–H groups in total. The molecular weight excluding hydrogens is 199 g/mol. The number of hydrogen-bond donors (Lipinski definition) is 1. The summed E-state index contributed by atoms with van der Waals surface area (Å²) < 4.78 is 0. The van der Waals surface area contributed by atoms with Crippen molar-refractivity contribution in [1.82, 2.24) is 0 Å². The van der Waals surface area contributed by atoms with Crippen molar-refractivity contribution in [2.45, 2.75) is 0 Å². The van der Waals surface area contributed by atoms with Crippen LogP contribution in [0.5, 0.6) is 0 Å². The van der Waals surface area contributed by atoms with Crippen molar-refractivity contribution in [3.05, 3.63) is 36.4 Å². The standard InChI is InChI=1S/C8H8N.Y/c1-2-7-5-3-4-6-8(7)9;/h1-6H,9H2;/q-1;. The second-order valence-electron chi connectivity index (χ2n) is 1.80. The predicted molar refractivity (Wildman–Crippen MR) is 39.6 cm³/mol. The molecule has 0 saturated carbocycles. The van der Waals surface area contributed by atoms with Crippen LogP contribution in [0.3, 0.4) is 0 Å². The Bertz CT molecular complexity index is 220. The molecule has 0 fully saturated rings. The summed E-state index contributed by atoms with van der Waals surface area (Å²) in [6, 6.07) is 7.46. The Kier molecular flexibility index (Phi) is 4.58. The van der Waals surface area contributed by atoms with Crippen LogP contribution in [0.15, 0.2) is 24.3 Å². The summed E-state index contributed by atoms with van der Waals surface area (Å²) in [7, 11) is 0. The maximum atomic E-state index is 5.52. The summed E-state index contributed by atoms with van der Waals surface area (Å²) in [5.74, 6) is 0. The Balaban J connectivity index is 0.000000810. The fourth-order valence-electron chi connectivity index (χ4n) is 0.663. The van der Waals surface area contributed by atoms with Crippen LogP contribution in [0.2, 0.25) is 0 Å². The van der Waals surface area contributed by atoms with E-state index in [1.165, 1.54) is 6.08 Å². The SMILES string of the molecule is [CH-]=Cc1ccccc1N.[Y]. The van der Waals surface area contributed by atoms with Crippen LogP contribution in [0, 0.1) is 6.58 Å². The van der Waals surface area contributed by atoms with Crippen molar-refractivity contribution >= 4 is 11.8 Å². The molecule has 0 unspecified atom stereocenters. The summed E-state index contributed by atoms with van der Waals surface area (Å²) in [6.45, 7) is 5.25. The number of anilines is 1. The summed E-state index contributed by atoms with van der Waals surface area (Å²) in [4.78, 5) is 0. The van der Waals surface area contributed by atoms with Crippen LogP contribution in [0.4, 0.5) is 5.69 Å². The first-order valence-corrected chi connectivity index (χ1v) is 2.74. The van der Waals surface area contributed by atoms with Gasteiger partial charge < -0.3 is 5.73 Å². The zero-order valence-corrected chi connectivity index (χ0v) is 8.46. The van der Waals surface area contributed by atoms with Gasteiger partial charge in [0.15, 0.2) is 0 Å². The molecule has 0 aliphatic rings. The molecule has 0 bridgehead atoms. The van der Waals surface area contributed by atoms with Gasteiger partial charge in [-0.15, -0.1) is 6.07 Å². The van der Waals surface area contributed by atoms with Crippen LogP contribution < -0.4 is 5.73 Å². The summed E-state index contributed by atoms with van der Waals surface area (Å²) in [5, 5.41) is 0. The van der Waals surface area contributed by atoms with Crippen LogP contribution >= 0.6 is 0 Å². The Morgan fingerprint density at radius 2 is 1.90 bits per heavy atom. The van der Waals surface area contributed by atoms with Crippen molar-refractivity contribution in [2.75, 3.05) is 5.73 Å². The van der Waals surface area contributed by atoms with Gasteiger partial charge in [0.2, 0.25) is 0 Å². The molecule has 0 aromatic heterocycles. The number of hydrogen-bond acceptors (Lipinski definition) is 1. The van der Waals surface area contributed by atoms with Crippen LogP contribution in [-0.4, -0.2) is 0 Å². The Labute approximate surface area is 86.2 Å². The molecule has 0 spiro atoms. The maximum Gasteiger partial charge on any atom is 0 e. The number of para-hydroxylation sites is 1. The smallest absolute Gasteiger partial charge is 0 e. The van der Waals surface area contributed by atoms with Gasteiger partial charge in [0, 0.05) is 32.7 Å². The first kappa shape index (κ1) is 9.86. The van der Waals surface area contributed by atoms with Crippen LogP contribution in [0.25, 0.3) is 6.08 Å². The molecule has 1 rings (SSSR count). The topological polar surface area (TPSA) is 26.0 Å². The van der Waals surface area contributed by atoms with Crippen LogP contribution in [-0.2, 0) is 32.7 Å². The van der Waals surface area contributed by atoms with Gasteiger partial charge in [0.1, 0.15) is 0 Å². The van der Waals surface area contributed by atoms with Gasteiger partial charge in [-0.3, -0.25) is 6.58 Å². The molecule has 0 atom stereocenters. The van der Waals surface area contributed by atoms with E-state index in [2.05, 4.69) is 0 Å². The Hall–Kier alpha value is -0.136. The van der Waals surface area contributed by atoms with E-state index in [1.54, 1.807) is 0 Å². The van der Waals surface area contributed by atoms with Gasteiger partial charge in [-0.1, -0.05) is 18.2 Å². The minimum absolute atomic E-state index is 0. The van der Waals surface area contributed by atoms with Crippen molar-refractivity contribution in [2.24, 2.45) is 0 Å². The van der Waals surface area contributed by atoms with E-state index in [9.17, 15) is 0 Å². The van der Waals surface area contributed by atoms with E-state index < -0.39 is 0 Å². The summed E-state index contributed by atoms with van der Waals surface area (Å²) in [6.07, 6.45) is 1.50. The zero-order chi connectivity index (χ0) is 6.69. The third-order valence-corrected chi connectivity index (χ3v) is 1.18. The number of benzene rings is 1. The molecule has 0 saturated heterocycles. The zero-order valence-electron chi connectivity index (χ0n) is 5.62. The summed E-state index contributed by atoms with van der Waals surface area (Å²) in [5.41, 5.74) is 7.13. The van der Waals surface area contributed by atoms with Crippen molar-refractivity contribution < 1.29 is 32.7 Å². The monoisotopic (exact) mass is 207 g/mol. The molecule has 0 aliphatic heterocycles. The van der Waals surface area contributed by atoms with Crippen molar-refractivity contribution in [1.29, 1.82) is 0 Å². The van der Waals surface area contributed by atoms with E-state index >= 15 is 0 Å². The third-order valence-electron chi connectivity index (χ3n) is 1.18. The second kappa shape index (κ2) is 4.64. The van der Waals surface area contributed by atoms with Gasteiger partial charge in [0.05, 0.1) is 0 Å². The normalized spacial score (nSPS) is 8.00. The largest absolute Gasteiger partial charge is 0.413 e. The minimum Gasteiger partial charge on any atom is -0.413 e. The fourth-order valence-corrected chi connectivity index (χ4v) is 0.663. The fraction of sp³-hybridized carbons (Fsp3) is 0. The molecular formula is C8H8NY-. The molecule has 2 heteroatoms. The van der Waals surface area contributed by atoms with Gasteiger partial charge in [-0.25, -0.2) is 6.08 Å². The second-order valence-corrected chi connectivity index (χ2v) is 1.80. The minimum atomic E-state index is 0. The molecule has 1 aromatic carbocycles. The third kappa shape index (κ3) is 2.24. The average molecular weight is 207 g/mol. The summed E-state index contributed by atoms with van der Waals surface area (Å²) >= 11 is 0. The predicted octanol–water partition coefficient (Wildman–Crippen LogP) is 1.71.